The van der Waals surface area contributed by atoms with Crippen molar-refractivity contribution in [3.63, 3.8) is 0 Å². The Morgan fingerprint density at radius 3 is 2.52 bits per heavy atom. The molecule has 2 atom stereocenters. The van der Waals surface area contributed by atoms with Gasteiger partial charge in [0.2, 0.25) is 0 Å². The topological polar surface area (TPSA) is 67.9 Å². The molecule has 4 aromatic rings. The van der Waals surface area contributed by atoms with Crippen LogP contribution in [0.15, 0.2) is 89.3 Å². The lowest BCUT2D eigenvalue weighted by molar-refractivity contribution is -0.274. The zero-order valence-corrected chi connectivity index (χ0v) is 24.3. The Morgan fingerprint density at radius 1 is 1.07 bits per heavy atom. The van der Waals surface area contributed by atoms with Crippen molar-refractivity contribution < 1.29 is 17.9 Å². The van der Waals surface area contributed by atoms with Crippen LogP contribution in [0.25, 0.3) is 17.1 Å². The summed E-state index contributed by atoms with van der Waals surface area (Å²) >= 11 is 1.72. The average molecular weight is 593 g/mol. The van der Waals surface area contributed by atoms with Crippen LogP contribution in [0.4, 0.5) is 18.9 Å². The van der Waals surface area contributed by atoms with Crippen LogP contribution in [-0.4, -0.2) is 44.3 Å². The quantitative estimate of drug-likeness (QED) is 0.153. The second-order valence-corrected chi connectivity index (χ2v) is 11.1. The molecule has 5 rings (SSSR count). The Kier molecular flexibility index (Phi) is 8.96. The molecule has 1 aliphatic rings. The molecule has 42 heavy (non-hydrogen) atoms. The van der Waals surface area contributed by atoms with Crippen molar-refractivity contribution in [2.45, 2.75) is 51.9 Å². The number of ether oxygens (including phenoxy) is 1. The summed E-state index contributed by atoms with van der Waals surface area (Å²) < 4.78 is 42.7. The van der Waals surface area contributed by atoms with Gasteiger partial charge in [0.1, 0.15) is 12.1 Å². The van der Waals surface area contributed by atoms with E-state index in [1.54, 1.807) is 18.0 Å². The minimum Gasteiger partial charge on any atom is -0.406 e. The van der Waals surface area contributed by atoms with Gasteiger partial charge in [0.15, 0.2) is 11.0 Å². The Bertz CT molecular complexity index is 1550. The highest BCUT2D eigenvalue weighted by molar-refractivity contribution is 8.14. The number of benzene rings is 3. The highest BCUT2D eigenvalue weighted by Crippen LogP contribution is 2.35. The molecule has 0 bridgehead atoms. The van der Waals surface area contributed by atoms with Crippen LogP contribution < -0.4 is 9.64 Å². The highest BCUT2D eigenvalue weighted by Gasteiger charge is 2.31. The number of para-hydroxylation sites is 1. The monoisotopic (exact) mass is 592 g/mol. The molecule has 11 heteroatoms. The van der Waals surface area contributed by atoms with Crippen LogP contribution in [0, 0.1) is 0 Å². The molecule has 0 aliphatic carbocycles. The molecule has 1 saturated heterocycles. The van der Waals surface area contributed by atoms with Gasteiger partial charge in [0.25, 0.3) is 0 Å². The number of halogens is 3. The van der Waals surface area contributed by atoms with Gasteiger partial charge in [-0.1, -0.05) is 68.1 Å². The molecular weight excluding hydrogens is 561 g/mol. The lowest BCUT2D eigenvalue weighted by atomic mass is 9.96. The summed E-state index contributed by atoms with van der Waals surface area (Å²) in [5.74, 6) is 1.63. The first-order valence-corrected chi connectivity index (χ1v) is 14.7. The zero-order chi connectivity index (χ0) is 29.7. The van der Waals surface area contributed by atoms with Gasteiger partial charge in [0.05, 0.1) is 11.9 Å². The maximum Gasteiger partial charge on any atom is 0.573 e. The number of nitrogens with zero attached hydrogens (tertiary/aromatic N) is 6. The summed E-state index contributed by atoms with van der Waals surface area (Å²) in [5.41, 5.74) is 4.75. The van der Waals surface area contributed by atoms with Gasteiger partial charge >= 0.3 is 6.36 Å². The fraction of sp³-hybridized carbons (Fsp3) is 0.290. The van der Waals surface area contributed by atoms with E-state index in [-0.39, 0.29) is 5.75 Å². The molecule has 0 N–H and O–H groups in total. The van der Waals surface area contributed by atoms with Crippen LogP contribution in [0.5, 0.6) is 5.75 Å². The van der Waals surface area contributed by atoms with Gasteiger partial charge in [-0.2, -0.15) is 5.10 Å². The number of anilines is 1. The predicted octanol–water partition coefficient (Wildman–Crippen LogP) is 8.07. The maximum absolute atomic E-state index is 12.4. The fourth-order valence-corrected chi connectivity index (χ4v) is 5.82. The number of hydrogen-bond donors (Lipinski definition) is 0. The van der Waals surface area contributed by atoms with Gasteiger partial charge in [0, 0.05) is 23.0 Å². The molecule has 1 aliphatic heterocycles. The van der Waals surface area contributed by atoms with Gasteiger partial charge in [-0.25, -0.2) is 9.67 Å². The summed E-state index contributed by atoms with van der Waals surface area (Å²) in [4.78, 5) is 6.66. The smallest absolute Gasteiger partial charge is 0.406 e. The Morgan fingerprint density at radius 2 is 1.81 bits per heavy atom. The van der Waals surface area contributed by atoms with E-state index in [0.29, 0.717) is 23.5 Å². The molecular formula is C31H31F3N6OS. The summed E-state index contributed by atoms with van der Waals surface area (Å²) in [6.45, 7) is 6.70. The second kappa shape index (κ2) is 12.8. The third kappa shape index (κ3) is 7.02. The first-order valence-electron chi connectivity index (χ1n) is 13.7. The minimum atomic E-state index is -4.74. The number of thioether (sulfide) groups is 1. The molecule has 218 valence electrons. The van der Waals surface area contributed by atoms with E-state index in [2.05, 4.69) is 75.0 Å². The summed E-state index contributed by atoms with van der Waals surface area (Å²) in [6, 6.07) is 21.9. The Labute approximate surface area is 247 Å². The molecule has 3 aromatic carbocycles. The van der Waals surface area contributed by atoms with E-state index in [1.807, 2.05) is 24.3 Å². The summed E-state index contributed by atoms with van der Waals surface area (Å²) in [6.07, 6.45) is 0.640. The number of amidine groups is 1. The van der Waals surface area contributed by atoms with Gasteiger partial charge in [-0.15, -0.1) is 23.4 Å². The Hall–Kier alpha value is -4.12. The lowest BCUT2D eigenvalue weighted by Crippen LogP contribution is -2.41. The van der Waals surface area contributed by atoms with Gasteiger partial charge < -0.3 is 9.64 Å². The van der Waals surface area contributed by atoms with Crippen molar-refractivity contribution in [2.75, 3.05) is 10.7 Å². The van der Waals surface area contributed by atoms with E-state index in [4.69, 9.17) is 0 Å². The van der Waals surface area contributed by atoms with Crippen LogP contribution in [-0.2, 0) is 0 Å². The third-order valence-corrected chi connectivity index (χ3v) is 8.08. The van der Waals surface area contributed by atoms with Crippen LogP contribution in [0.1, 0.15) is 50.7 Å². The average Bonchev–Trinajstić information content (AvgIpc) is 3.47. The molecule has 0 amide bonds. The minimum absolute atomic E-state index is 0.297. The molecule has 0 radical (unpaired) electrons. The largest absolute Gasteiger partial charge is 0.573 e. The predicted molar refractivity (Wildman–Crippen MR) is 163 cm³/mol. The van der Waals surface area contributed by atoms with E-state index in [1.165, 1.54) is 46.5 Å². The number of hydrogen-bond acceptors (Lipinski definition) is 6. The lowest BCUT2D eigenvalue weighted by Gasteiger charge is -2.37. The third-order valence-electron chi connectivity index (χ3n) is 7.10. The number of aromatic nitrogens is 3. The second-order valence-electron chi connectivity index (χ2n) is 10.0. The van der Waals surface area contributed by atoms with Crippen molar-refractivity contribution in [1.29, 1.82) is 0 Å². The zero-order valence-electron chi connectivity index (χ0n) is 23.5. The normalized spacial score (nSPS) is 17.6. The van der Waals surface area contributed by atoms with Crippen LogP contribution in [0.2, 0.25) is 0 Å². The van der Waals surface area contributed by atoms with Crippen molar-refractivity contribution in [3.8, 4) is 22.8 Å². The molecule has 2 unspecified atom stereocenters. The summed E-state index contributed by atoms with van der Waals surface area (Å²) in [5, 5.41) is 14.4. The first-order chi connectivity index (χ1) is 20.2. The van der Waals surface area contributed by atoms with E-state index >= 15 is 0 Å². The molecule has 0 saturated carbocycles. The molecule has 7 nitrogen and oxygen atoms in total. The van der Waals surface area contributed by atoms with Crippen LogP contribution in [0.3, 0.4) is 0 Å². The molecule has 1 aromatic heterocycles. The molecule has 1 fully saturated rings. The standard InChI is InChI=1S/C31H31F3N6OS/c1-4-21(2)27-7-5-6-8-28(27)40-22(3)17-18-42-30(40)37-36-19-23-9-11-24(12-10-23)29-35-20-39(38-29)25-13-15-26(16-14-25)41-31(32,33)34/h5-16,19-22H,4,17-18H2,1-3H3. The van der Waals surface area contributed by atoms with E-state index in [0.717, 1.165) is 34.9 Å². The maximum atomic E-state index is 12.4. The highest BCUT2D eigenvalue weighted by atomic mass is 32.2. The molecule has 0 spiro atoms. The Balaban J connectivity index is 1.29. The SMILES string of the molecule is CCC(C)c1ccccc1N1C(=NN=Cc2ccc(-c3ncn(-c4ccc(OC(F)(F)F)cc4)n3)cc2)SCCC1C. The van der Waals surface area contributed by atoms with E-state index in [9.17, 15) is 13.2 Å². The number of rotatable bonds is 8. The van der Waals surface area contributed by atoms with Crippen molar-refractivity contribution in [1.82, 2.24) is 14.8 Å². The van der Waals surface area contributed by atoms with Crippen molar-refractivity contribution in [2.24, 2.45) is 10.2 Å². The summed E-state index contributed by atoms with van der Waals surface area (Å²) in [7, 11) is 0. The van der Waals surface area contributed by atoms with E-state index < -0.39 is 6.36 Å². The van der Waals surface area contributed by atoms with Gasteiger partial charge in [-0.3, -0.25) is 0 Å². The molecule has 2 heterocycles. The van der Waals surface area contributed by atoms with Crippen LogP contribution >= 0.6 is 11.8 Å². The van der Waals surface area contributed by atoms with Gasteiger partial charge in [-0.05, 0) is 67.1 Å². The fourth-order valence-electron chi connectivity index (χ4n) is 4.65. The van der Waals surface area contributed by atoms with Crippen molar-refractivity contribution >= 4 is 28.8 Å². The van der Waals surface area contributed by atoms with Crippen molar-refractivity contribution in [3.05, 3.63) is 90.3 Å². The number of alkyl halides is 3. The first kappa shape index (κ1) is 29.4.